The SMILES string of the molecule is CN(C)CCNc1nc(Nc2ccccc2Br)cc(-c2ccccn2)n1. The molecular weight excluding hydrogens is 392 g/mol. The van der Waals surface area contributed by atoms with Gasteiger partial charge in [-0.25, -0.2) is 4.98 Å². The van der Waals surface area contributed by atoms with Gasteiger partial charge in [0.15, 0.2) is 0 Å². The van der Waals surface area contributed by atoms with Crippen LogP contribution >= 0.6 is 15.9 Å². The fraction of sp³-hybridized carbons (Fsp3) is 0.211. The van der Waals surface area contributed by atoms with E-state index in [2.05, 4.69) is 46.4 Å². The van der Waals surface area contributed by atoms with E-state index in [9.17, 15) is 0 Å². The molecule has 0 saturated heterocycles. The van der Waals surface area contributed by atoms with E-state index in [1.54, 1.807) is 6.20 Å². The largest absolute Gasteiger partial charge is 0.353 e. The summed E-state index contributed by atoms with van der Waals surface area (Å²) < 4.78 is 0.972. The molecular formula is C19H21BrN6. The Hall–Kier alpha value is -2.51. The van der Waals surface area contributed by atoms with E-state index in [1.165, 1.54) is 0 Å². The number of nitrogens with zero attached hydrogens (tertiary/aromatic N) is 4. The van der Waals surface area contributed by atoms with E-state index in [4.69, 9.17) is 0 Å². The van der Waals surface area contributed by atoms with Gasteiger partial charge in [-0.3, -0.25) is 4.98 Å². The number of halogens is 1. The summed E-state index contributed by atoms with van der Waals surface area (Å²) in [5.74, 6) is 1.28. The number of pyridine rings is 1. The average Bonchev–Trinajstić information content (AvgIpc) is 2.64. The van der Waals surface area contributed by atoms with Crippen molar-refractivity contribution in [2.75, 3.05) is 37.8 Å². The first-order valence-corrected chi connectivity index (χ1v) is 9.12. The number of hydrogen-bond donors (Lipinski definition) is 2. The van der Waals surface area contributed by atoms with Crippen LogP contribution in [0.25, 0.3) is 11.4 Å². The minimum atomic E-state index is 0.574. The molecule has 2 N–H and O–H groups in total. The molecule has 7 heteroatoms. The van der Waals surface area contributed by atoms with Gasteiger partial charge >= 0.3 is 0 Å². The van der Waals surface area contributed by atoms with E-state index >= 15 is 0 Å². The summed E-state index contributed by atoms with van der Waals surface area (Å²) >= 11 is 3.55. The summed E-state index contributed by atoms with van der Waals surface area (Å²) in [7, 11) is 4.07. The topological polar surface area (TPSA) is 66.0 Å². The van der Waals surface area contributed by atoms with Gasteiger partial charge in [-0.05, 0) is 54.3 Å². The van der Waals surface area contributed by atoms with Crippen LogP contribution in [-0.4, -0.2) is 47.0 Å². The standard InChI is InChI=1S/C19H21BrN6/c1-26(2)12-11-22-19-24-17(16-9-5-6-10-21-16)13-18(25-19)23-15-8-4-3-7-14(15)20/h3-10,13H,11-12H2,1-2H3,(H2,22,23,24,25). The molecule has 0 saturated carbocycles. The summed E-state index contributed by atoms with van der Waals surface area (Å²) in [4.78, 5) is 15.7. The van der Waals surface area contributed by atoms with Crippen molar-refractivity contribution in [3.63, 3.8) is 0 Å². The molecule has 0 atom stereocenters. The minimum absolute atomic E-state index is 0.574. The molecule has 3 rings (SSSR count). The van der Waals surface area contributed by atoms with Crippen LogP contribution in [0.1, 0.15) is 0 Å². The summed E-state index contributed by atoms with van der Waals surface area (Å²) in [5.41, 5.74) is 2.51. The molecule has 0 aliphatic rings. The Morgan fingerprint density at radius 1 is 1.00 bits per heavy atom. The second kappa shape index (κ2) is 8.73. The zero-order valence-electron chi connectivity index (χ0n) is 14.8. The first-order valence-electron chi connectivity index (χ1n) is 8.32. The van der Waals surface area contributed by atoms with Gasteiger partial charge in [0, 0.05) is 29.8 Å². The third-order valence-corrected chi connectivity index (χ3v) is 4.32. The molecule has 0 aliphatic heterocycles. The first-order chi connectivity index (χ1) is 12.6. The van der Waals surface area contributed by atoms with Crippen LogP contribution in [0.15, 0.2) is 59.2 Å². The van der Waals surface area contributed by atoms with Crippen LogP contribution in [0.5, 0.6) is 0 Å². The highest BCUT2D eigenvalue weighted by atomic mass is 79.9. The van der Waals surface area contributed by atoms with E-state index in [0.717, 1.165) is 34.6 Å². The van der Waals surface area contributed by atoms with Crippen molar-refractivity contribution in [2.24, 2.45) is 0 Å². The maximum absolute atomic E-state index is 4.61. The molecule has 3 aromatic rings. The van der Waals surface area contributed by atoms with Gasteiger partial charge in [0.2, 0.25) is 5.95 Å². The van der Waals surface area contributed by atoms with Crippen LogP contribution in [-0.2, 0) is 0 Å². The van der Waals surface area contributed by atoms with Crippen molar-refractivity contribution in [1.82, 2.24) is 19.9 Å². The second-order valence-corrected chi connectivity index (χ2v) is 6.87. The highest BCUT2D eigenvalue weighted by molar-refractivity contribution is 9.10. The number of para-hydroxylation sites is 1. The van der Waals surface area contributed by atoms with Crippen molar-refractivity contribution >= 4 is 33.4 Å². The molecule has 0 amide bonds. The van der Waals surface area contributed by atoms with Crippen LogP contribution in [0.2, 0.25) is 0 Å². The number of benzene rings is 1. The van der Waals surface area contributed by atoms with Crippen LogP contribution < -0.4 is 10.6 Å². The van der Waals surface area contributed by atoms with E-state index in [1.807, 2.05) is 62.6 Å². The fourth-order valence-corrected chi connectivity index (χ4v) is 2.71. The molecule has 2 aromatic heterocycles. The number of hydrogen-bond acceptors (Lipinski definition) is 6. The molecule has 0 bridgehead atoms. The molecule has 0 fully saturated rings. The lowest BCUT2D eigenvalue weighted by Gasteiger charge is -2.13. The van der Waals surface area contributed by atoms with Gasteiger partial charge in [-0.15, -0.1) is 0 Å². The Labute approximate surface area is 161 Å². The van der Waals surface area contributed by atoms with E-state index in [0.29, 0.717) is 11.8 Å². The number of nitrogens with one attached hydrogen (secondary N) is 2. The highest BCUT2D eigenvalue weighted by Crippen LogP contribution is 2.27. The Bertz CT molecular complexity index is 854. The lowest BCUT2D eigenvalue weighted by atomic mass is 10.2. The van der Waals surface area contributed by atoms with Gasteiger partial charge in [-0.2, -0.15) is 4.98 Å². The second-order valence-electron chi connectivity index (χ2n) is 6.01. The maximum Gasteiger partial charge on any atom is 0.225 e. The molecule has 0 aliphatic carbocycles. The zero-order chi connectivity index (χ0) is 18.4. The first kappa shape index (κ1) is 18.3. The normalized spacial score (nSPS) is 10.8. The van der Waals surface area contributed by atoms with Crippen molar-refractivity contribution in [1.29, 1.82) is 0 Å². The number of rotatable bonds is 7. The third kappa shape index (κ3) is 5.00. The summed E-state index contributed by atoms with van der Waals surface area (Å²) in [6, 6.07) is 15.6. The molecule has 6 nitrogen and oxygen atoms in total. The number of likely N-dealkylation sites (N-methyl/N-ethyl adjacent to an activating group) is 1. The Morgan fingerprint density at radius 2 is 1.81 bits per heavy atom. The molecule has 2 heterocycles. The van der Waals surface area contributed by atoms with Gasteiger partial charge in [0.25, 0.3) is 0 Å². The van der Waals surface area contributed by atoms with Crippen molar-refractivity contribution in [3.05, 3.63) is 59.2 Å². The van der Waals surface area contributed by atoms with E-state index < -0.39 is 0 Å². The maximum atomic E-state index is 4.61. The fourth-order valence-electron chi connectivity index (χ4n) is 2.33. The van der Waals surface area contributed by atoms with Gasteiger partial charge in [-0.1, -0.05) is 18.2 Å². The third-order valence-electron chi connectivity index (χ3n) is 3.63. The van der Waals surface area contributed by atoms with Crippen LogP contribution in [0.4, 0.5) is 17.5 Å². The molecule has 0 radical (unpaired) electrons. The van der Waals surface area contributed by atoms with Gasteiger partial charge < -0.3 is 15.5 Å². The van der Waals surface area contributed by atoms with Crippen LogP contribution in [0.3, 0.4) is 0 Å². The molecule has 0 spiro atoms. The monoisotopic (exact) mass is 412 g/mol. The predicted molar refractivity (Wildman–Crippen MR) is 110 cm³/mol. The lowest BCUT2D eigenvalue weighted by Crippen LogP contribution is -2.21. The molecule has 26 heavy (non-hydrogen) atoms. The number of anilines is 3. The van der Waals surface area contributed by atoms with Crippen LogP contribution in [0, 0.1) is 0 Å². The molecule has 1 aromatic carbocycles. The summed E-state index contributed by atoms with van der Waals surface area (Å²) in [6.45, 7) is 1.65. The zero-order valence-corrected chi connectivity index (χ0v) is 16.4. The van der Waals surface area contributed by atoms with E-state index in [-0.39, 0.29) is 0 Å². The predicted octanol–water partition coefficient (Wildman–Crippen LogP) is 4.02. The lowest BCUT2D eigenvalue weighted by molar-refractivity contribution is 0.425. The number of aromatic nitrogens is 3. The quantitative estimate of drug-likeness (QED) is 0.610. The van der Waals surface area contributed by atoms with Gasteiger partial charge in [0.1, 0.15) is 5.82 Å². The average molecular weight is 413 g/mol. The Balaban J connectivity index is 1.90. The minimum Gasteiger partial charge on any atom is -0.353 e. The summed E-state index contributed by atoms with van der Waals surface area (Å²) in [6.07, 6.45) is 1.76. The Kier molecular flexibility index (Phi) is 6.14. The van der Waals surface area contributed by atoms with Crippen molar-refractivity contribution < 1.29 is 0 Å². The summed E-state index contributed by atoms with van der Waals surface area (Å²) in [5, 5.41) is 6.63. The van der Waals surface area contributed by atoms with Crippen molar-refractivity contribution in [3.8, 4) is 11.4 Å². The van der Waals surface area contributed by atoms with Gasteiger partial charge in [0.05, 0.1) is 17.1 Å². The molecule has 134 valence electrons. The van der Waals surface area contributed by atoms with Crippen molar-refractivity contribution in [2.45, 2.75) is 0 Å². The highest BCUT2D eigenvalue weighted by Gasteiger charge is 2.09. The molecule has 0 unspecified atom stereocenters. The Morgan fingerprint density at radius 3 is 2.54 bits per heavy atom. The smallest absolute Gasteiger partial charge is 0.225 e.